The summed E-state index contributed by atoms with van der Waals surface area (Å²) >= 11 is 0. The Kier molecular flexibility index (Phi) is 4.17. The van der Waals surface area contributed by atoms with Crippen LogP contribution in [0.1, 0.15) is 29.7 Å². The highest BCUT2D eigenvalue weighted by Crippen LogP contribution is 2.27. The average Bonchev–Trinajstić information content (AvgIpc) is 2.38. The summed E-state index contributed by atoms with van der Waals surface area (Å²) in [6.45, 7) is 4.02. The van der Waals surface area contributed by atoms with Crippen LogP contribution in [0.25, 0.3) is 0 Å². The van der Waals surface area contributed by atoms with Crippen molar-refractivity contribution in [2.75, 3.05) is 0 Å². The molecule has 0 saturated carbocycles. The van der Waals surface area contributed by atoms with E-state index in [1.165, 1.54) is 12.1 Å². The fourth-order valence-corrected chi connectivity index (χ4v) is 1.85. The number of aliphatic hydroxyl groups excluding tert-OH is 1. The molecule has 1 atom stereocenters. The molecule has 0 spiro atoms. The molecule has 0 bridgehead atoms. The molecular formula is C16H17FO2. The van der Waals surface area contributed by atoms with Crippen molar-refractivity contribution < 1.29 is 14.2 Å². The molecule has 100 valence electrons. The van der Waals surface area contributed by atoms with E-state index in [-0.39, 0.29) is 5.82 Å². The quantitative estimate of drug-likeness (QED) is 0.906. The van der Waals surface area contributed by atoms with Gasteiger partial charge in [0.05, 0.1) is 6.10 Å². The van der Waals surface area contributed by atoms with Crippen LogP contribution in [-0.4, -0.2) is 5.11 Å². The summed E-state index contributed by atoms with van der Waals surface area (Å²) in [4.78, 5) is 0. The first-order chi connectivity index (χ1) is 9.06. The minimum atomic E-state index is -0.580. The van der Waals surface area contributed by atoms with Gasteiger partial charge >= 0.3 is 0 Å². The molecule has 2 aromatic rings. The highest BCUT2D eigenvalue weighted by Gasteiger charge is 2.09. The van der Waals surface area contributed by atoms with Crippen molar-refractivity contribution in [1.29, 1.82) is 0 Å². The van der Waals surface area contributed by atoms with Crippen LogP contribution in [0.3, 0.4) is 0 Å². The van der Waals surface area contributed by atoms with E-state index in [4.69, 9.17) is 4.74 Å². The largest absolute Gasteiger partial charge is 0.489 e. The van der Waals surface area contributed by atoms with Crippen LogP contribution in [0.5, 0.6) is 5.75 Å². The summed E-state index contributed by atoms with van der Waals surface area (Å²) in [5.41, 5.74) is 2.71. The fourth-order valence-electron chi connectivity index (χ4n) is 1.85. The first-order valence-electron chi connectivity index (χ1n) is 6.22. The molecular weight excluding hydrogens is 243 g/mol. The normalized spacial score (nSPS) is 12.2. The van der Waals surface area contributed by atoms with Crippen LogP contribution >= 0.6 is 0 Å². The lowest BCUT2D eigenvalue weighted by atomic mass is 10.1. The van der Waals surface area contributed by atoms with Crippen molar-refractivity contribution in [1.82, 2.24) is 0 Å². The minimum Gasteiger partial charge on any atom is -0.489 e. The van der Waals surface area contributed by atoms with Gasteiger partial charge in [0.25, 0.3) is 0 Å². The Hall–Kier alpha value is -1.87. The molecule has 19 heavy (non-hydrogen) atoms. The van der Waals surface area contributed by atoms with E-state index < -0.39 is 6.10 Å². The first kappa shape index (κ1) is 13.6. The molecule has 0 aliphatic rings. The van der Waals surface area contributed by atoms with E-state index >= 15 is 0 Å². The van der Waals surface area contributed by atoms with Crippen molar-refractivity contribution in [3.05, 3.63) is 65.0 Å². The molecule has 0 amide bonds. The van der Waals surface area contributed by atoms with Crippen LogP contribution in [0.15, 0.2) is 42.5 Å². The van der Waals surface area contributed by atoms with E-state index in [1.54, 1.807) is 19.1 Å². The molecule has 0 aliphatic carbocycles. The van der Waals surface area contributed by atoms with Crippen LogP contribution in [0.4, 0.5) is 4.39 Å². The smallest absolute Gasteiger partial charge is 0.125 e. The van der Waals surface area contributed by atoms with E-state index in [1.807, 2.05) is 25.1 Å². The lowest BCUT2D eigenvalue weighted by Crippen LogP contribution is -2.01. The second-order valence-electron chi connectivity index (χ2n) is 4.63. The zero-order chi connectivity index (χ0) is 13.8. The third-order valence-electron chi connectivity index (χ3n) is 2.93. The number of hydrogen-bond acceptors (Lipinski definition) is 2. The molecule has 0 saturated heterocycles. The lowest BCUT2D eigenvalue weighted by molar-refractivity contribution is 0.190. The fraction of sp³-hybridized carbons (Fsp3) is 0.250. The molecule has 2 aromatic carbocycles. The number of rotatable bonds is 4. The Morgan fingerprint density at radius 3 is 2.47 bits per heavy atom. The molecule has 0 unspecified atom stereocenters. The van der Waals surface area contributed by atoms with Gasteiger partial charge in [-0.05, 0) is 43.2 Å². The van der Waals surface area contributed by atoms with Gasteiger partial charge in [0.2, 0.25) is 0 Å². The molecule has 3 heteroatoms. The second-order valence-corrected chi connectivity index (χ2v) is 4.63. The maximum absolute atomic E-state index is 12.8. The van der Waals surface area contributed by atoms with Gasteiger partial charge in [-0.25, -0.2) is 4.39 Å². The molecule has 0 heterocycles. The molecule has 2 nitrogen and oxygen atoms in total. The Bertz CT molecular complexity index is 547. The standard InChI is InChI=1S/C16H17FO2/c1-11-3-8-15(12(2)18)16(9-11)19-10-13-4-6-14(17)7-5-13/h3-9,12,18H,10H2,1-2H3/t12-/m1/s1. The van der Waals surface area contributed by atoms with Crippen molar-refractivity contribution in [2.45, 2.75) is 26.6 Å². The Balaban J connectivity index is 2.14. The van der Waals surface area contributed by atoms with Crippen LogP contribution < -0.4 is 4.74 Å². The summed E-state index contributed by atoms with van der Waals surface area (Å²) in [5.74, 6) is 0.406. The van der Waals surface area contributed by atoms with Crippen molar-refractivity contribution >= 4 is 0 Å². The predicted octanol–water partition coefficient (Wildman–Crippen LogP) is 3.77. The van der Waals surface area contributed by atoms with Gasteiger partial charge < -0.3 is 9.84 Å². The van der Waals surface area contributed by atoms with E-state index in [9.17, 15) is 9.50 Å². The highest BCUT2D eigenvalue weighted by molar-refractivity contribution is 5.38. The van der Waals surface area contributed by atoms with Crippen LogP contribution in [-0.2, 0) is 6.61 Å². The summed E-state index contributed by atoms with van der Waals surface area (Å²) in [6, 6.07) is 11.9. The molecule has 0 aromatic heterocycles. The Morgan fingerprint density at radius 1 is 1.16 bits per heavy atom. The topological polar surface area (TPSA) is 29.5 Å². The molecule has 0 radical (unpaired) electrons. The zero-order valence-electron chi connectivity index (χ0n) is 11.1. The monoisotopic (exact) mass is 260 g/mol. The number of aliphatic hydroxyl groups is 1. The third kappa shape index (κ3) is 3.55. The molecule has 0 aliphatic heterocycles. The summed E-state index contributed by atoms with van der Waals surface area (Å²) in [6.07, 6.45) is -0.580. The molecule has 2 rings (SSSR count). The van der Waals surface area contributed by atoms with Gasteiger partial charge in [-0.2, -0.15) is 0 Å². The first-order valence-corrected chi connectivity index (χ1v) is 6.22. The Morgan fingerprint density at radius 2 is 1.84 bits per heavy atom. The number of hydrogen-bond donors (Lipinski definition) is 1. The van der Waals surface area contributed by atoms with Gasteiger partial charge in [-0.3, -0.25) is 0 Å². The summed E-state index contributed by atoms with van der Waals surface area (Å²) in [5, 5.41) is 9.70. The van der Waals surface area contributed by atoms with Crippen LogP contribution in [0.2, 0.25) is 0 Å². The summed E-state index contributed by atoms with van der Waals surface area (Å²) in [7, 11) is 0. The average molecular weight is 260 g/mol. The van der Waals surface area contributed by atoms with Crippen molar-refractivity contribution in [2.24, 2.45) is 0 Å². The highest BCUT2D eigenvalue weighted by atomic mass is 19.1. The maximum atomic E-state index is 12.8. The number of aryl methyl sites for hydroxylation is 1. The molecule has 1 N–H and O–H groups in total. The van der Waals surface area contributed by atoms with Gasteiger partial charge in [-0.1, -0.05) is 24.3 Å². The lowest BCUT2D eigenvalue weighted by Gasteiger charge is -2.14. The van der Waals surface area contributed by atoms with E-state index in [0.29, 0.717) is 12.4 Å². The van der Waals surface area contributed by atoms with E-state index in [2.05, 4.69) is 0 Å². The maximum Gasteiger partial charge on any atom is 0.125 e. The number of halogens is 1. The van der Waals surface area contributed by atoms with Gasteiger partial charge in [0, 0.05) is 5.56 Å². The second kappa shape index (κ2) is 5.85. The molecule has 0 fully saturated rings. The van der Waals surface area contributed by atoms with Gasteiger partial charge in [-0.15, -0.1) is 0 Å². The number of ether oxygens (including phenoxy) is 1. The van der Waals surface area contributed by atoms with Crippen molar-refractivity contribution in [3.8, 4) is 5.75 Å². The van der Waals surface area contributed by atoms with E-state index in [0.717, 1.165) is 16.7 Å². The Labute approximate surface area is 112 Å². The summed E-state index contributed by atoms with van der Waals surface area (Å²) < 4.78 is 18.5. The van der Waals surface area contributed by atoms with Gasteiger partial charge in [0.15, 0.2) is 0 Å². The zero-order valence-corrected chi connectivity index (χ0v) is 11.1. The number of benzene rings is 2. The minimum absolute atomic E-state index is 0.260. The SMILES string of the molecule is Cc1ccc([C@@H](C)O)c(OCc2ccc(F)cc2)c1. The van der Waals surface area contributed by atoms with Crippen molar-refractivity contribution in [3.63, 3.8) is 0 Å². The van der Waals surface area contributed by atoms with Gasteiger partial charge in [0.1, 0.15) is 18.2 Å². The van der Waals surface area contributed by atoms with Crippen LogP contribution in [0, 0.1) is 12.7 Å². The predicted molar refractivity (Wildman–Crippen MR) is 72.5 cm³/mol. The third-order valence-corrected chi connectivity index (χ3v) is 2.93.